The third-order valence-corrected chi connectivity index (χ3v) is 4.30. The molecule has 1 aliphatic heterocycles. The number of carbonyl (C=O) groups excluding carboxylic acids is 2. The van der Waals surface area contributed by atoms with Gasteiger partial charge in [0.2, 0.25) is 11.8 Å². The molecule has 4 nitrogen and oxygen atoms in total. The summed E-state index contributed by atoms with van der Waals surface area (Å²) in [5.74, 6) is 0.261. The molecular weight excluding hydrogens is 264 g/mol. The predicted molar refractivity (Wildman–Crippen MR) is 84.1 cm³/mol. The number of piperidine rings is 1. The highest BCUT2D eigenvalue weighted by Gasteiger charge is 2.26. The van der Waals surface area contributed by atoms with E-state index >= 15 is 0 Å². The first-order valence-electron chi connectivity index (χ1n) is 7.67. The number of anilines is 1. The maximum absolute atomic E-state index is 12.3. The van der Waals surface area contributed by atoms with E-state index in [4.69, 9.17) is 0 Å². The Morgan fingerprint density at radius 2 is 1.86 bits per heavy atom. The minimum atomic E-state index is 0.00696. The SMILES string of the molecule is CCC(=O)N1CCC(C(=O)Nc2ccc(C)c(C)c2)CC1. The molecule has 4 heteroatoms. The van der Waals surface area contributed by atoms with Crippen molar-refractivity contribution in [2.45, 2.75) is 40.0 Å². The van der Waals surface area contributed by atoms with Gasteiger partial charge in [0.05, 0.1) is 0 Å². The highest BCUT2D eigenvalue weighted by Crippen LogP contribution is 2.21. The lowest BCUT2D eigenvalue weighted by Crippen LogP contribution is -2.41. The quantitative estimate of drug-likeness (QED) is 0.929. The van der Waals surface area contributed by atoms with Crippen LogP contribution in [-0.4, -0.2) is 29.8 Å². The molecule has 0 spiro atoms. The van der Waals surface area contributed by atoms with Crippen molar-refractivity contribution < 1.29 is 9.59 Å². The summed E-state index contributed by atoms with van der Waals surface area (Å²) in [5.41, 5.74) is 3.26. The summed E-state index contributed by atoms with van der Waals surface area (Å²) in [6.45, 7) is 7.36. The Balaban J connectivity index is 1.90. The largest absolute Gasteiger partial charge is 0.343 e. The molecule has 0 bridgehead atoms. The van der Waals surface area contributed by atoms with E-state index in [9.17, 15) is 9.59 Å². The molecule has 0 atom stereocenters. The van der Waals surface area contributed by atoms with Gasteiger partial charge in [-0.3, -0.25) is 9.59 Å². The first-order chi connectivity index (χ1) is 10.0. The van der Waals surface area contributed by atoms with Crippen molar-refractivity contribution in [3.8, 4) is 0 Å². The van der Waals surface area contributed by atoms with Crippen LogP contribution in [0.5, 0.6) is 0 Å². The smallest absolute Gasteiger partial charge is 0.227 e. The van der Waals surface area contributed by atoms with Crippen LogP contribution in [0.25, 0.3) is 0 Å². The topological polar surface area (TPSA) is 49.4 Å². The Hall–Kier alpha value is -1.84. The Labute approximate surface area is 126 Å². The number of amides is 2. The minimum absolute atomic E-state index is 0.00696. The minimum Gasteiger partial charge on any atom is -0.343 e. The van der Waals surface area contributed by atoms with E-state index in [1.165, 1.54) is 11.1 Å². The van der Waals surface area contributed by atoms with Gasteiger partial charge in [-0.1, -0.05) is 13.0 Å². The van der Waals surface area contributed by atoms with Crippen LogP contribution in [0.4, 0.5) is 5.69 Å². The van der Waals surface area contributed by atoms with Crippen molar-refractivity contribution in [1.29, 1.82) is 0 Å². The van der Waals surface area contributed by atoms with E-state index in [1.54, 1.807) is 0 Å². The van der Waals surface area contributed by atoms with E-state index in [1.807, 2.05) is 36.9 Å². The Bertz CT molecular complexity index is 532. The van der Waals surface area contributed by atoms with Gasteiger partial charge in [0.25, 0.3) is 0 Å². The van der Waals surface area contributed by atoms with E-state index in [0.717, 1.165) is 18.5 Å². The van der Waals surface area contributed by atoms with Gasteiger partial charge in [-0.05, 0) is 49.9 Å². The van der Waals surface area contributed by atoms with Crippen molar-refractivity contribution in [1.82, 2.24) is 4.90 Å². The fraction of sp³-hybridized carbons (Fsp3) is 0.529. The molecule has 0 aliphatic carbocycles. The van der Waals surface area contributed by atoms with Gasteiger partial charge in [-0.2, -0.15) is 0 Å². The first-order valence-corrected chi connectivity index (χ1v) is 7.67. The number of benzene rings is 1. The average molecular weight is 288 g/mol. The molecule has 21 heavy (non-hydrogen) atoms. The summed E-state index contributed by atoms with van der Waals surface area (Å²) >= 11 is 0. The summed E-state index contributed by atoms with van der Waals surface area (Å²) in [6.07, 6.45) is 2.05. The molecule has 1 aliphatic rings. The van der Waals surface area contributed by atoms with Gasteiger partial charge < -0.3 is 10.2 Å². The molecule has 1 N–H and O–H groups in total. The maximum Gasteiger partial charge on any atom is 0.227 e. The molecule has 1 fully saturated rings. The predicted octanol–water partition coefficient (Wildman–Crippen LogP) is 2.89. The lowest BCUT2D eigenvalue weighted by molar-refractivity contribution is -0.134. The standard InChI is InChI=1S/C17H24N2O2/c1-4-16(20)19-9-7-14(8-10-19)17(21)18-15-6-5-12(2)13(3)11-15/h5-6,11,14H,4,7-10H2,1-3H3,(H,18,21). The van der Waals surface area contributed by atoms with Crippen LogP contribution >= 0.6 is 0 Å². The molecule has 0 aromatic heterocycles. The summed E-state index contributed by atoms with van der Waals surface area (Å²) < 4.78 is 0. The van der Waals surface area contributed by atoms with Gasteiger partial charge >= 0.3 is 0 Å². The third-order valence-electron chi connectivity index (χ3n) is 4.30. The number of carbonyl (C=O) groups is 2. The third kappa shape index (κ3) is 3.84. The number of nitrogens with one attached hydrogen (secondary N) is 1. The Kier molecular flexibility index (Phi) is 4.99. The van der Waals surface area contributed by atoms with Crippen LogP contribution in [0, 0.1) is 19.8 Å². The Morgan fingerprint density at radius 1 is 1.19 bits per heavy atom. The zero-order valence-corrected chi connectivity index (χ0v) is 13.1. The number of hydrogen-bond donors (Lipinski definition) is 1. The second-order valence-electron chi connectivity index (χ2n) is 5.80. The van der Waals surface area contributed by atoms with Gasteiger partial charge in [0.1, 0.15) is 0 Å². The zero-order valence-electron chi connectivity index (χ0n) is 13.1. The van der Waals surface area contributed by atoms with Gasteiger partial charge in [-0.15, -0.1) is 0 Å². The molecule has 0 saturated carbocycles. The van der Waals surface area contributed by atoms with Crippen LogP contribution < -0.4 is 5.32 Å². The maximum atomic E-state index is 12.3. The van der Waals surface area contributed by atoms with Crippen LogP contribution in [0.15, 0.2) is 18.2 Å². The molecule has 1 heterocycles. The summed E-state index contributed by atoms with van der Waals surface area (Å²) in [7, 11) is 0. The fourth-order valence-electron chi connectivity index (χ4n) is 2.68. The van der Waals surface area contributed by atoms with Crippen LogP contribution in [0.3, 0.4) is 0 Å². The highest BCUT2D eigenvalue weighted by molar-refractivity contribution is 5.92. The van der Waals surface area contributed by atoms with Gasteiger partial charge in [0.15, 0.2) is 0 Å². The van der Waals surface area contributed by atoms with Crippen molar-refractivity contribution in [2.75, 3.05) is 18.4 Å². The van der Waals surface area contributed by atoms with Gasteiger partial charge in [0, 0.05) is 31.1 Å². The normalized spacial score (nSPS) is 15.9. The monoisotopic (exact) mass is 288 g/mol. The molecule has 0 unspecified atom stereocenters. The Morgan fingerprint density at radius 3 is 2.43 bits per heavy atom. The summed E-state index contributed by atoms with van der Waals surface area (Å²) in [4.78, 5) is 25.8. The number of nitrogens with zero attached hydrogens (tertiary/aromatic N) is 1. The number of aryl methyl sites for hydroxylation is 2. The highest BCUT2D eigenvalue weighted by atomic mass is 16.2. The molecule has 2 rings (SSSR count). The van der Waals surface area contributed by atoms with Crippen LogP contribution in [-0.2, 0) is 9.59 Å². The van der Waals surface area contributed by atoms with Crippen LogP contribution in [0.2, 0.25) is 0 Å². The van der Waals surface area contributed by atoms with Crippen molar-refractivity contribution in [3.05, 3.63) is 29.3 Å². The fourth-order valence-corrected chi connectivity index (χ4v) is 2.68. The number of likely N-dealkylation sites (tertiary alicyclic amines) is 1. The molecule has 0 radical (unpaired) electrons. The first kappa shape index (κ1) is 15.5. The van der Waals surface area contributed by atoms with E-state index in [2.05, 4.69) is 12.2 Å². The lowest BCUT2D eigenvalue weighted by atomic mass is 9.95. The second-order valence-corrected chi connectivity index (χ2v) is 5.80. The molecule has 2 amide bonds. The van der Waals surface area contributed by atoms with Crippen molar-refractivity contribution in [3.63, 3.8) is 0 Å². The molecular formula is C17H24N2O2. The van der Waals surface area contributed by atoms with E-state index < -0.39 is 0 Å². The average Bonchev–Trinajstić information content (AvgIpc) is 2.50. The zero-order chi connectivity index (χ0) is 15.4. The number of rotatable bonds is 3. The van der Waals surface area contributed by atoms with Crippen molar-refractivity contribution >= 4 is 17.5 Å². The second kappa shape index (κ2) is 6.74. The van der Waals surface area contributed by atoms with Gasteiger partial charge in [-0.25, -0.2) is 0 Å². The molecule has 1 saturated heterocycles. The number of hydrogen-bond acceptors (Lipinski definition) is 2. The van der Waals surface area contributed by atoms with E-state index in [-0.39, 0.29) is 17.7 Å². The molecule has 114 valence electrons. The summed E-state index contributed by atoms with van der Waals surface area (Å²) in [5, 5.41) is 3.00. The summed E-state index contributed by atoms with van der Waals surface area (Å²) in [6, 6.07) is 5.96. The van der Waals surface area contributed by atoms with Crippen LogP contribution in [0.1, 0.15) is 37.3 Å². The lowest BCUT2D eigenvalue weighted by Gasteiger charge is -2.31. The van der Waals surface area contributed by atoms with Crippen molar-refractivity contribution in [2.24, 2.45) is 5.92 Å². The molecule has 1 aromatic carbocycles. The molecule has 1 aromatic rings. The van der Waals surface area contributed by atoms with E-state index in [0.29, 0.717) is 19.5 Å².